The van der Waals surface area contributed by atoms with E-state index in [4.69, 9.17) is 0 Å². The lowest BCUT2D eigenvalue weighted by Crippen LogP contribution is -2.47. The zero-order chi connectivity index (χ0) is 16.4. The van der Waals surface area contributed by atoms with E-state index in [0.29, 0.717) is 24.2 Å². The fourth-order valence-corrected chi connectivity index (χ4v) is 3.32. The van der Waals surface area contributed by atoms with E-state index in [0.717, 1.165) is 23.9 Å². The number of likely N-dealkylation sites (tertiary alicyclic amines) is 1. The van der Waals surface area contributed by atoms with Crippen LogP contribution in [0.3, 0.4) is 0 Å². The predicted molar refractivity (Wildman–Crippen MR) is 93.3 cm³/mol. The highest BCUT2D eigenvalue weighted by atomic mass is 79.9. The van der Waals surface area contributed by atoms with Gasteiger partial charge >= 0.3 is 0 Å². The molecule has 0 radical (unpaired) electrons. The first kappa shape index (κ1) is 16.2. The van der Waals surface area contributed by atoms with Crippen molar-refractivity contribution in [1.82, 2.24) is 4.90 Å². The van der Waals surface area contributed by atoms with Gasteiger partial charge < -0.3 is 4.90 Å². The Labute approximate surface area is 144 Å². The molecule has 0 saturated carbocycles. The molecular formula is C17H20BrN3O2. The van der Waals surface area contributed by atoms with Crippen LogP contribution in [0.5, 0.6) is 0 Å². The second-order valence-electron chi connectivity index (χ2n) is 6.07. The quantitative estimate of drug-likeness (QED) is 0.793. The summed E-state index contributed by atoms with van der Waals surface area (Å²) in [4.78, 5) is 26.8. The maximum absolute atomic E-state index is 12.8. The summed E-state index contributed by atoms with van der Waals surface area (Å²) in [5, 5.41) is 5.73. The van der Waals surface area contributed by atoms with E-state index in [2.05, 4.69) is 28.0 Å². The van der Waals surface area contributed by atoms with Crippen LogP contribution in [0.2, 0.25) is 0 Å². The lowest BCUT2D eigenvalue weighted by Gasteiger charge is -2.34. The van der Waals surface area contributed by atoms with Gasteiger partial charge in [-0.3, -0.25) is 9.59 Å². The highest BCUT2D eigenvalue weighted by Gasteiger charge is 2.31. The van der Waals surface area contributed by atoms with Crippen LogP contribution in [0.4, 0.5) is 5.69 Å². The molecule has 0 aromatic heterocycles. The number of carbonyl (C=O) groups is 2. The van der Waals surface area contributed by atoms with E-state index in [9.17, 15) is 9.59 Å². The highest BCUT2D eigenvalue weighted by Crippen LogP contribution is 2.24. The summed E-state index contributed by atoms with van der Waals surface area (Å²) in [7, 11) is 0. The van der Waals surface area contributed by atoms with Crippen LogP contribution in [0, 0.1) is 0 Å². The van der Waals surface area contributed by atoms with Crippen molar-refractivity contribution in [3.05, 3.63) is 28.7 Å². The van der Waals surface area contributed by atoms with Gasteiger partial charge in [-0.2, -0.15) is 5.10 Å². The number of hydrogen-bond donors (Lipinski definition) is 0. The number of amides is 2. The number of carbonyl (C=O) groups excluding carboxylic acids is 2. The van der Waals surface area contributed by atoms with Gasteiger partial charge in [-0.05, 0) is 50.5 Å². The number of anilines is 1. The minimum Gasteiger partial charge on any atom is -0.335 e. The third-order valence-electron chi connectivity index (χ3n) is 4.41. The molecule has 1 aromatic carbocycles. The minimum atomic E-state index is -0.0736. The Morgan fingerprint density at radius 1 is 1.22 bits per heavy atom. The summed E-state index contributed by atoms with van der Waals surface area (Å²) in [6.45, 7) is 2.86. The van der Waals surface area contributed by atoms with Gasteiger partial charge in [-0.1, -0.05) is 15.9 Å². The van der Waals surface area contributed by atoms with Gasteiger partial charge in [0.15, 0.2) is 0 Å². The van der Waals surface area contributed by atoms with Gasteiger partial charge in [0.1, 0.15) is 5.71 Å². The molecule has 3 rings (SSSR count). The average Bonchev–Trinajstić information content (AvgIpc) is 2.56. The number of hydrazone groups is 1. The van der Waals surface area contributed by atoms with E-state index in [-0.39, 0.29) is 17.9 Å². The first-order chi connectivity index (χ1) is 11.1. The van der Waals surface area contributed by atoms with E-state index < -0.39 is 0 Å². The minimum absolute atomic E-state index is 0.0215. The van der Waals surface area contributed by atoms with Gasteiger partial charge in [0, 0.05) is 29.9 Å². The van der Waals surface area contributed by atoms with Crippen LogP contribution in [-0.4, -0.2) is 35.0 Å². The molecule has 2 aliphatic rings. The summed E-state index contributed by atoms with van der Waals surface area (Å²) in [6, 6.07) is 7.62. The molecule has 1 fully saturated rings. The van der Waals surface area contributed by atoms with Crippen molar-refractivity contribution in [2.45, 2.75) is 45.1 Å². The fourth-order valence-electron chi connectivity index (χ4n) is 3.06. The number of nitrogens with zero attached hydrogens (tertiary/aromatic N) is 3. The number of hydrogen-bond acceptors (Lipinski definition) is 3. The van der Waals surface area contributed by atoms with E-state index in [1.807, 2.05) is 29.2 Å². The van der Waals surface area contributed by atoms with Crippen molar-refractivity contribution in [2.24, 2.45) is 5.10 Å². The summed E-state index contributed by atoms with van der Waals surface area (Å²) in [5.41, 5.74) is 1.18. The summed E-state index contributed by atoms with van der Waals surface area (Å²) in [6.07, 6.45) is 3.99. The summed E-state index contributed by atoms with van der Waals surface area (Å²) in [5.74, 6) is -0.0950. The Kier molecular flexibility index (Phi) is 4.80. The van der Waals surface area contributed by atoms with Gasteiger partial charge in [-0.25, -0.2) is 5.01 Å². The zero-order valence-corrected chi connectivity index (χ0v) is 14.8. The lowest BCUT2D eigenvalue weighted by molar-refractivity contribution is -0.127. The van der Waals surface area contributed by atoms with Crippen molar-refractivity contribution in [3.8, 4) is 0 Å². The molecule has 0 N–H and O–H groups in total. The fraction of sp³-hybridized carbons (Fsp3) is 0.471. The van der Waals surface area contributed by atoms with Crippen molar-refractivity contribution in [3.63, 3.8) is 0 Å². The molecule has 122 valence electrons. The largest absolute Gasteiger partial charge is 0.335 e. The van der Waals surface area contributed by atoms with Crippen LogP contribution in [0.25, 0.3) is 0 Å². The van der Waals surface area contributed by atoms with Crippen LogP contribution in [0.15, 0.2) is 33.8 Å². The molecule has 0 aliphatic carbocycles. The van der Waals surface area contributed by atoms with Crippen LogP contribution >= 0.6 is 15.9 Å². The van der Waals surface area contributed by atoms with E-state index in [1.165, 1.54) is 11.4 Å². The molecule has 2 heterocycles. The average molecular weight is 378 g/mol. The maximum Gasteiger partial charge on any atom is 0.270 e. The summed E-state index contributed by atoms with van der Waals surface area (Å²) < 4.78 is 0.938. The molecule has 2 aliphatic heterocycles. The van der Waals surface area contributed by atoms with Gasteiger partial charge in [0.25, 0.3) is 5.91 Å². The van der Waals surface area contributed by atoms with Crippen LogP contribution in [-0.2, 0) is 9.59 Å². The van der Waals surface area contributed by atoms with E-state index in [1.54, 1.807) is 0 Å². The predicted octanol–water partition coefficient (Wildman–Crippen LogP) is 3.33. The second kappa shape index (κ2) is 6.83. The molecule has 0 spiro atoms. The molecule has 0 bridgehead atoms. The molecule has 5 nitrogen and oxygen atoms in total. The number of piperidine rings is 1. The van der Waals surface area contributed by atoms with Crippen molar-refractivity contribution >= 4 is 39.1 Å². The first-order valence-electron chi connectivity index (χ1n) is 8.03. The molecule has 1 aromatic rings. The normalized spacial score (nSPS) is 22.1. The Morgan fingerprint density at radius 2 is 1.96 bits per heavy atom. The molecule has 1 atom stereocenters. The van der Waals surface area contributed by atoms with E-state index >= 15 is 0 Å². The van der Waals surface area contributed by atoms with Gasteiger partial charge in [-0.15, -0.1) is 0 Å². The third kappa shape index (κ3) is 3.47. The Morgan fingerprint density at radius 3 is 2.65 bits per heavy atom. The van der Waals surface area contributed by atoms with Crippen molar-refractivity contribution in [2.75, 3.05) is 11.6 Å². The van der Waals surface area contributed by atoms with Crippen LogP contribution in [0.1, 0.15) is 39.0 Å². The van der Waals surface area contributed by atoms with Crippen LogP contribution < -0.4 is 5.01 Å². The highest BCUT2D eigenvalue weighted by molar-refractivity contribution is 9.10. The third-order valence-corrected chi connectivity index (χ3v) is 4.94. The lowest BCUT2D eigenvalue weighted by atomic mass is 10.0. The summed E-state index contributed by atoms with van der Waals surface area (Å²) >= 11 is 3.38. The number of rotatable bonds is 2. The molecule has 1 unspecified atom stereocenters. The maximum atomic E-state index is 12.8. The molecule has 1 saturated heterocycles. The monoisotopic (exact) mass is 377 g/mol. The first-order valence-corrected chi connectivity index (χ1v) is 8.82. The Bertz CT molecular complexity index is 642. The smallest absolute Gasteiger partial charge is 0.270 e. The number of benzene rings is 1. The van der Waals surface area contributed by atoms with Crippen molar-refractivity contribution < 1.29 is 9.59 Å². The molecule has 6 heteroatoms. The Hall–Kier alpha value is -1.69. The molecule has 2 amide bonds. The molecular weight excluding hydrogens is 358 g/mol. The van der Waals surface area contributed by atoms with Gasteiger partial charge in [0.2, 0.25) is 5.91 Å². The standard InChI is InChI=1S/C17H20BrN3O2/c1-12-4-2-3-11-20(12)17(23)15-9-10-16(22)21(19-15)14-7-5-13(18)6-8-14/h5-8,12H,2-4,9-11H2,1H3. The number of halogens is 1. The second-order valence-corrected chi connectivity index (χ2v) is 6.99. The SMILES string of the molecule is CC1CCCCN1C(=O)C1=NN(c2ccc(Br)cc2)C(=O)CC1. The van der Waals surface area contributed by atoms with Gasteiger partial charge in [0.05, 0.1) is 5.69 Å². The Balaban J connectivity index is 1.84. The van der Waals surface area contributed by atoms with Crippen molar-refractivity contribution in [1.29, 1.82) is 0 Å². The molecule has 23 heavy (non-hydrogen) atoms. The zero-order valence-electron chi connectivity index (χ0n) is 13.2. The topological polar surface area (TPSA) is 53.0 Å².